The van der Waals surface area contributed by atoms with E-state index in [1.807, 2.05) is 19.0 Å². The van der Waals surface area contributed by atoms with Crippen LogP contribution in [0.4, 0.5) is 10.1 Å². The molecule has 0 unspecified atom stereocenters. The summed E-state index contributed by atoms with van der Waals surface area (Å²) >= 11 is 0. The first-order chi connectivity index (χ1) is 12.5. The van der Waals surface area contributed by atoms with Crippen LogP contribution < -0.4 is 5.32 Å². The molecule has 0 saturated carbocycles. The Kier molecular flexibility index (Phi) is 5.09. The molecule has 0 aliphatic rings. The standard InChI is InChI=1S/C19H18FN3O3/c1-23(2)10-9-21-14-7-8-15-18(17(14)16(25)11-24)26-19(22-15)12-5-3-4-6-13(12)20/h3-8,11,21H,9-10H2,1-2H3. The Morgan fingerprint density at radius 1 is 1.27 bits per heavy atom. The van der Waals surface area contributed by atoms with Crippen molar-refractivity contribution in [2.45, 2.75) is 0 Å². The van der Waals surface area contributed by atoms with Gasteiger partial charge in [0.05, 0.1) is 11.1 Å². The van der Waals surface area contributed by atoms with Crippen LogP contribution >= 0.6 is 0 Å². The van der Waals surface area contributed by atoms with Crippen LogP contribution in [-0.2, 0) is 4.79 Å². The zero-order valence-corrected chi connectivity index (χ0v) is 14.5. The first kappa shape index (κ1) is 17.8. The molecule has 0 radical (unpaired) electrons. The van der Waals surface area contributed by atoms with E-state index in [1.54, 1.807) is 24.3 Å². The molecule has 0 atom stereocenters. The van der Waals surface area contributed by atoms with Crippen LogP contribution in [0.1, 0.15) is 10.4 Å². The molecule has 0 saturated heterocycles. The topological polar surface area (TPSA) is 75.4 Å². The molecule has 0 amide bonds. The largest absolute Gasteiger partial charge is 0.435 e. The second kappa shape index (κ2) is 7.45. The Bertz CT molecular complexity index is 966. The highest BCUT2D eigenvalue weighted by Gasteiger charge is 2.21. The van der Waals surface area contributed by atoms with Gasteiger partial charge in [0.15, 0.2) is 11.9 Å². The van der Waals surface area contributed by atoms with E-state index in [0.29, 0.717) is 17.7 Å². The smallest absolute Gasteiger partial charge is 0.231 e. The Morgan fingerprint density at radius 3 is 2.73 bits per heavy atom. The number of hydrogen-bond donors (Lipinski definition) is 1. The van der Waals surface area contributed by atoms with Crippen molar-refractivity contribution >= 4 is 28.9 Å². The second-order valence-electron chi connectivity index (χ2n) is 6.05. The maximum Gasteiger partial charge on any atom is 0.231 e. The number of hydrogen-bond acceptors (Lipinski definition) is 6. The number of aldehydes is 1. The lowest BCUT2D eigenvalue weighted by molar-refractivity contribution is -0.104. The highest BCUT2D eigenvalue weighted by atomic mass is 19.1. The summed E-state index contributed by atoms with van der Waals surface area (Å²) in [4.78, 5) is 29.5. The fourth-order valence-corrected chi connectivity index (χ4v) is 2.61. The molecule has 134 valence electrons. The molecule has 7 heteroatoms. The van der Waals surface area contributed by atoms with Crippen LogP contribution in [-0.4, -0.2) is 49.1 Å². The van der Waals surface area contributed by atoms with Gasteiger partial charge in [-0.1, -0.05) is 12.1 Å². The van der Waals surface area contributed by atoms with Crippen molar-refractivity contribution in [3.8, 4) is 11.5 Å². The molecule has 1 aromatic heterocycles. The quantitative estimate of drug-likeness (QED) is 0.399. The zero-order chi connectivity index (χ0) is 18.7. The van der Waals surface area contributed by atoms with E-state index in [2.05, 4.69) is 10.3 Å². The number of benzene rings is 2. The second-order valence-corrected chi connectivity index (χ2v) is 6.05. The molecule has 0 bridgehead atoms. The van der Waals surface area contributed by atoms with E-state index in [4.69, 9.17) is 4.42 Å². The maximum absolute atomic E-state index is 14.0. The van der Waals surface area contributed by atoms with Gasteiger partial charge in [-0.3, -0.25) is 9.59 Å². The number of fused-ring (bicyclic) bond motifs is 1. The van der Waals surface area contributed by atoms with Gasteiger partial charge in [-0.25, -0.2) is 9.37 Å². The van der Waals surface area contributed by atoms with E-state index in [9.17, 15) is 14.0 Å². The van der Waals surface area contributed by atoms with Crippen LogP contribution in [0.5, 0.6) is 0 Å². The van der Waals surface area contributed by atoms with Crippen LogP contribution in [0, 0.1) is 5.82 Å². The average molecular weight is 355 g/mol. The molecule has 3 aromatic rings. The van der Waals surface area contributed by atoms with Crippen molar-refractivity contribution < 1.29 is 18.4 Å². The van der Waals surface area contributed by atoms with Gasteiger partial charge in [0.1, 0.15) is 11.3 Å². The van der Waals surface area contributed by atoms with Crippen LogP contribution in [0.3, 0.4) is 0 Å². The minimum absolute atomic E-state index is 0.0588. The van der Waals surface area contributed by atoms with Gasteiger partial charge in [-0.15, -0.1) is 0 Å². The van der Waals surface area contributed by atoms with Gasteiger partial charge in [-0.2, -0.15) is 0 Å². The minimum atomic E-state index is -0.723. The number of carbonyl (C=O) groups is 2. The third kappa shape index (κ3) is 3.48. The van der Waals surface area contributed by atoms with Crippen LogP contribution in [0.25, 0.3) is 22.6 Å². The van der Waals surface area contributed by atoms with E-state index in [-0.39, 0.29) is 28.9 Å². The molecule has 0 spiro atoms. The number of anilines is 1. The van der Waals surface area contributed by atoms with Crippen molar-refractivity contribution in [3.05, 3.63) is 47.8 Å². The molecular weight excluding hydrogens is 337 g/mol. The number of aromatic nitrogens is 1. The monoisotopic (exact) mass is 355 g/mol. The lowest BCUT2D eigenvalue weighted by atomic mass is 10.1. The number of likely N-dealkylation sites (N-methyl/N-ethyl adjacent to an activating group) is 1. The van der Waals surface area contributed by atoms with Gasteiger partial charge in [0, 0.05) is 18.8 Å². The van der Waals surface area contributed by atoms with E-state index in [0.717, 1.165) is 6.54 Å². The molecule has 1 N–H and O–H groups in total. The predicted octanol–water partition coefficient (Wildman–Crippen LogP) is 2.99. The Hall–Kier alpha value is -3.06. The minimum Gasteiger partial charge on any atom is -0.435 e. The zero-order valence-electron chi connectivity index (χ0n) is 14.5. The third-order valence-electron chi connectivity index (χ3n) is 3.89. The normalized spacial score (nSPS) is 11.1. The first-order valence-corrected chi connectivity index (χ1v) is 8.08. The van der Waals surface area contributed by atoms with Gasteiger partial charge in [0.25, 0.3) is 0 Å². The predicted molar refractivity (Wildman–Crippen MR) is 96.8 cm³/mol. The maximum atomic E-state index is 14.0. The summed E-state index contributed by atoms with van der Waals surface area (Å²) in [6.45, 7) is 1.32. The van der Waals surface area contributed by atoms with Crippen LogP contribution in [0.2, 0.25) is 0 Å². The lowest BCUT2D eigenvalue weighted by Gasteiger charge is -2.13. The number of nitrogens with zero attached hydrogens (tertiary/aromatic N) is 2. The summed E-state index contributed by atoms with van der Waals surface area (Å²) in [6.07, 6.45) is 0.233. The molecular formula is C19H18FN3O3. The molecule has 6 nitrogen and oxygen atoms in total. The van der Waals surface area contributed by atoms with E-state index >= 15 is 0 Å². The number of ketones is 1. The molecule has 3 rings (SSSR count). The van der Waals surface area contributed by atoms with Crippen molar-refractivity contribution in [3.63, 3.8) is 0 Å². The van der Waals surface area contributed by atoms with Gasteiger partial charge < -0.3 is 14.6 Å². The molecule has 0 fully saturated rings. The number of Topliss-reactive ketones (excluding diaryl/α,β-unsaturated/α-hetero) is 1. The molecule has 26 heavy (non-hydrogen) atoms. The van der Waals surface area contributed by atoms with E-state index in [1.165, 1.54) is 12.1 Å². The summed E-state index contributed by atoms with van der Waals surface area (Å²) in [5, 5.41) is 3.13. The summed E-state index contributed by atoms with van der Waals surface area (Å²) in [5.41, 5.74) is 1.32. The van der Waals surface area contributed by atoms with Gasteiger partial charge in [-0.05, 0) is 38.4 Å². The Labute approximate surface area is 149 Å². The lowest BCUT2D eigenvalue weighted by Crippen LogP contribution is -2.21. The van der Waals surface area contributed by atoms with Crippen molar-refractivity contribution in [1.82, 2.24) is 9.88 Å². The van der Waals surface area contributed by atoms with Crippen molar-refractivity contribution in [1.29, 1.82) is 0 Å². The molecule has 0 aliphatic heterocycles. The number of halogens is 1. The van der Waals surface area contributed by atoms with Gasteiger partial charge in [0.2, 0.25) is 11.7 Å². The number of rotatable bonds is 7. The highest BCUT2D eigenvalue weighted by molar-refractivity contribution is 6.37. The Morgan fingerprint density at radius 2 is 2.04 bits per heavy atom. The highest BCUT2D eigenvalue weighted by Crippen LogP contribution is 2.31. The first-order valence-electron chi connectivity index (χ1n) is 8.08. The van der Waals surface area contributed by atoms with Crippen LogP contribution in [0.15, 0.2) is 40.8 Å². The van der Waals surface area contributed by atoms with Crippen molar-refractivity contribution in [2.24, 2.45) is 0 Å². The van der Waals surface area contributed by atoms with E-state index < -0.39 is 11.6 Å². The number of carbonyl (C=O) groups excluding carboxylic acids is 2. The SMILES string of the molecule is CN(C)CCNc1ccc2nc(-c3ccccc3F)oc2c1C(=O)C=O. The molecule has 1 heterocycles. The Balaban J connectivity index is 2.09. The summed E-state index contributed by atoms with van der Waals surface area (Å²) in [5.74, 6) is -1.14. The fourth-order valence-electron chi connectivity index (χ4n) is 2.61. The number of oxazole rings is 1. The summed E-state index contributed by atoms with van der Waals surface area (Å²) < 4.78 is 19.7. The van der Waals surface area contributed by atoms with Gasteiger partial charge >= 0.3 is 0 Å². The molecule has 0 aliphatic carbocycles. The average Bonchev–Trinajstić information content (AvgIpc) is 3.04. The number of nitrogens with one attached hydrogen (secondary N) is 1. The van der Waals surface area contributed by atoms with Crippen molar-refractivity contribution in [2.75, 3.05) is 32.5 Å². The fraction of sp³-hybridized carbons (Fsp3) is 0.211. The summed E-state index contributed by atoms with van der Waals surface area (Å²) in [6, 6.07) is 9.41. The molecule has 2 aromatic carbocycles. The third-order valence-corrected chi connectivity index (χ3v) is 3.89. The summed E-state index contributed by atoms with van der Waals surface area (Å²) in [7, 11) is 3.86.